The first-order chi connectivity index (χ1) is 14.5. The molecule has 0 radical (unpaired) electrons. The third-order valence-electron chi connectivity index (χ3n) is 5.71. The first-order valence-corrected chi connectivity index (χ1v) is 10.6. The molecule has 6 heteroatoms. The fraction of sp³-hybridized carbons (Fsp3) is 0.333. The van der Waals surface area contributed by atoms with Crippen molar-refractivity contribution in [3.05, 3.63) is 71.4 Å². The van der Waals surface area contributed by atoms with Crippen molar-refractivity contribution in [2.75, 3.05) is 42.9 Å². The van der Waals surface area contributed by atoms with Crippen LogP contribution < -0.4 is 15.1 Å². The largest absolute Gasteiger partial charge is 0.360 e. The fourth-order valence-corrected chi connectivity index (χ4v) is 4.04. The summed E-state index contributed by atoms with van der Waals surface area (Å²) < 4.78 is 1.80. The van der Waals surface area contributed by atoms with E-state index in [1.807, 2.05) is 25.1 Å². The van der Waals surface area contributed by atoms with Crippen LogP contribution in [0.2, 0.25) is 0 Å². The first-order valence-electron chi connectivity index (χ1n) is 10.6. The summed E-state index contributed by atoms with van der Waals surface area (Å²) in [5, 5.41) is 7.62. The molecule has 0 spiro atoms. The van der Waals surface area contributed by atoms with Crippen LogP contribution in [0.1, 0.15) is 16.8 Å². The predicted octanol–water partition coefficient (Wildman–Crippen LogP) is 2.14. The van der Waals surface area contributed by atoms with Gasteiger partial charge in [0, 0.05) is 11.8 Å². The Bertz CT molecular complexity index is 1020. The maximum atomic E-state index is 12.7. The molecule has 2 heterocycles. The molecule has 1 aliphatic rings. The van der Waals surface area contributed by atoms with Crippen molar-refractivity contribution >= 4 is 17.4 Å². The number of piperazine rings is 1. The van der Waals surface area contributed by atoms with E-state index in [9.17, 15) is 4.79 Å². The number of carbonyl (C=O) groups is 1. The van der Waals surface area contributed by atoms with Gasteiger partial charge in [-0.2, -0.15) is 5.10 Å². The van der Waals surface area contributed by atoms with Gasteiger partial charge in [-0.25, -0.2) is 4.68 Å². The molecule has 1 aliphatic heterocycles. The van der Waals surface area contributed by atoms with Gasteiger partial charge in [-0.1, -0.05) is 35.9 Å². The Kier molecular flexibility index (Phi) is 5.86. The molecule has 156 valence electrons. The Hall–Kier alpha value is -3.12. The van der Waals surface area contributed by atoms with E-state index in [1.54, 1.807) is 4.68 Å². The molecule has 0 aliphatic carbocycles. The lowest BCUT2D eigenvalue weighted by Gasteiger charge is -2.34. The number of carbonyl (C=O) groups excluding carboxylic acids is 1. The number of nitrogens with zero attached hydrogens (tertiary/aromatic N) is 3. The average molecular weight is 405 g/mol. The second kappa shape index (κ2) is 8.71. The molecule has 0 bridgehead atoms. The summed E-state index contributed by atoms with van der Waals surface area (Å²) in [4.78, 5) is 16.5. The van der Waals surface area contributed by atoms with Crippen LogP contribution >= 0.6 is 0 Å². The van der Waals surface area contributed by atoms with Gasteiger partial charge in [0.15, 0.2) is 6.54 Å². The number of para-hydroxylation sites is 1. The fourth-order valence-electron chi connectivity index (χ4n) is 4.04. The number of rotatable bonds is 5. The van der Waals surface area contributed by atoms with Crippen LogP contribution in [0.15, 0.2) is 54.6 Å². The zero-order valence-corrected chi connectivity index (χ0v) is 18.0. The molecule has 0 unspecified atom stereocenters. The molecule has 6 nitrogen and oxygen atoms in total. The van der Waals surface area contributed by atoms with Crippen LogP contribution in [0, 0.1) is 20.8 Å². The summed E-state index contributed by atoms with van der Waals surface area (Å²) in [6, 6.07) is 18.6. The number of aryl methyl sites for hydroxylation is 3. The van der Waals surface area contributed by atoms with Crippen molar-refractivity contribution in [1.82, 2.24) is 9.78 Å². The highest BCUT2D eigenvalue weighted by Gasteiger charge is 2.23. The minimum Gasteiger partial charge on any atom is -0.360 e. The van der Waals surface area contributed by atoms with Crippen molar-refractivity contribution < 1.29 is 9.69 Å². The third kappa shape index (κ3) is 4.54. The first kappa shape index (κ1) is 20.2. The zero-order chi connectivity index (χ0) is 21.1. The number of hydrogen-bond donors (Lipinski definition) is 2. The Balaban J connectivity index is 1.36. The molecule has 0 saturated carbocycles. The molecule has 1 saturated heterocycles. The molecule has 2 aromatic carbocycles. The molecular weight excluding hydrogens is 374 g/mol. The lowest BCUT2D eigenvalue weighted by molar-refractivity contribution is -0.892. The number of quaternary nitrogens is 1. The van der Waals surface area contributed by atoms with E-state index in [-0.39, 0.29) is 5.91 Å². The van der Waals surface area contributed by atoms with Gasteiger partial charge in [0.2, 0.25) is 0 Å². The molecule has 4 rings (SSSR count). The molecular formula is C24H30N5O+. The molecule has 1 amide bonds. The van der Waals surface area contributed by atoms with E-state index in [1.165, 1.54) is 21.7 Å². The zero-order valence-electron chi connectivity index (χ0n) is 18.0. The van der Waals surface area contributed by atoms with E-state index < -0.39 is 0 Å². The maximum Gasteiger partial charge on any atom is 0.280 e. The quantitative estimate of drug-likeness (QED) is 0.685. The van der Waals surface area contributed by atoms with Crippen LogP contribution in [0.25, 0.3) is 5.69 Å². The van der Waals surface area contributed by atoms with Gasteiger partial charge in [-0.3, -0.25) is 4.79 Å². The molecule has 3 aromatic rings. The van der Waals surface area contributed by atoms with Crippen LogP contribution in [-0.2, 0) is 4.79 Å². The smallest absolute Gasteiger partial charge is 0.280 e. The van der Waals surface area contributed by atoms with Crippen molar-refractivity contribution in [1.29, 1.82) is 0 Å². The summed E-state index contributed by atoms with van der Waals surface area (Å²) in [6.45, 7) is 10.5. The van der Waals surface area contributed by atoms with E-state index in [0.29, 0.717) is 6.54 Å². The minimum atomic E-state index is 0.0302. The molecule has 1 fully saturated rings. The molecule has 1 aromatic heterocycles. The molecule has 0 atom stereocenters. The summed E-state index contributed by atoms with van der Waals surface area (Å²) >= 11 is 0. The Labute approximate surface area is 178 Å². The third-order valence-corrected chi connectivity index (χ3v) is 5.71. The van der Waals surface area contributed by atoms with Crippen LogP contribution in [-0.4, -0.2) is 48.4 Å². The predicted molar refractivity (Wildman–Crippen MR) is 121 cm³/mol. The van der Waals surface area contributed by atoms with Crippen molar-refractivity contribution in [3.8, 4) is 5.69 Å². The highest BCUT2D eigenvalue weighted by Crippen LogP contribution is 2.19. The highest BCUT2D eigenvalue weighted by atomic mass is 16.2. The Morgan fingerprint density at radius 1 is 1.03 bits per heavy atom. The van der Waals surface area contributed by atoms with E-state index in [2.05, 4.69) is 65.6 Å². The molecule has 2 N–H and O–H groups in total. The number of nitrogens with one attached hydrogen (secondary N) is 2. The van der Waals surface area contributed by atoms with Crippen molar-refractivity contribution in [2.45, 2.75) is 20.8 Å². The summed E-state index contributed by atoms with van der Waals surface area (Å²) in [6.07, 6.45) is 0. The summed E-state index contributed by atoms with van der Waals surface area (Å²) in [5.74, 6) is 0.752. The summed E-state index contributed by atoms with van der Waals surface area (Å²) in [5.41, 5.74) is 5.63. The van der Waals surface area contributed by atoms with E-state index >= 15 is 0 Å². The number of aromatic nitrogens is 2. The van der Waals surface area contributed by atoms with Gasteiger partial charge < -0.3 is 15.1 Å². The lowest BCUT2D eigenvalue weighted by atomic mass is 10.1. The average Bonchev–Trinajstić information content (AvgIpc) is 3.09. The monoisotopic (exact) mass is 404 g/mol. The van der Waals surface area contributed by atoms with Gasteiger partial charge >= 0.3 is 0 Å². The van der Waals surface area contributed by atoms with Gasteiger partial charge in [0.1, 0.15) is 5.82 Å². The maximum absolute atomic E-state index is 12.7. The molecule has 30 heavy (non-hydrogen) atoms. The number of anilines is 2. The normalized spacial score (nSPS) is 14.7. The van der Waals surface area contributed by atoms with Gasteiger partial charge in [-0.15, -0.1) is 0 Å². The lowest BCUT2D eigenvalue weighted by Crippen LogP contribution is -3.15. The van der Waals surface area contributed by atoms with Gasteiger partial charge in [0.05, 0.1) is 37.6 Å². The Morgan fingerprint density at radius 2 is 1.73 bits per heavy atom. The second-order valence-corrected chi connectivity index (χ2v) is 8.17. The number of hydrogen-bond acceptors (Lipinski definition) is 3. The summed E-state index contributed by atoms with van der Waals surface area (Å²) in [7, 11) is 0. The van der Waals surface area contributed by atoms with Gasteiger partial charge in [-0.05, 0) is 44.5 Å². The van der Waals surface area contributed by atoms with Gasteiger partial charge in [0.25, 0.3) is 5.91 Å². The standard InChI is InChI=1S/C24H29N5O/c1-18-8-10-21(11-9-18)29-23(16-20(3)26-29)25-24(30)17-27-12-14-28(15-13-27)22-7-5-4-6-19(22)2/h4-11,16H,12-15,17H2,1-3H3,(H,25,30)/p+1. The Morgan fingerprint density at radius 3 is 2.43 bits per heavy atom. The SMILES string of the molecule is Cc1ccc(-n2nc(C)cc2NC(=O)C[NH+]2CCN(c3ccccc3C)CC2)cc1. The second-order valence-electron chi connectivity index (χ2n) is 8.17. The van der Waals surface area contributed by atoms with E-state index in [4.69, 9.17) is 0 Å². The number of benzene rings is 2. The minimum absolute atomic E-state index is 0.0302. The van der Waals surface area contributed by atoms with E-state index in [0.717, 1.165) is 43.4 Å². The van der Waals surface area contributed by atoms with Crippen molar-refractivity contribution in [3.63, 3.8) is 0 Å². The highest BCUT2D eigenvalue weighted by molar-refractivity contribution is 5.91. The number of amides is 1. The van der Waals surface area contributed by atoms with Crippen LogP contribution in [0.4, 0.5) is 11.5 Å². The topological polar surface area (TPSA) is 54.6 Å². The van der Waals surface area contributed by atoms with Crippen molar-refractivity contribution in [2.24, 2.45) is 0 Å². The van der Waals surface area contributed by atoms with Crippen LogP contribution in [0.3, 0.4) is 0 Å². The van der Waals surface area contributed by atoms with Crippen LogP contribution in [0.5, 0.6) is 0 Å².